The van der Waals surface area contributed by atoms with Crippen molar-refractivity contribution in [2.45, 2.75) is 25.8 Å². The molecule has 1 amide bonds. The average molecular weight is 447 g/mol. The minimum Gasteiger partial charge on any atom is -0.481 e. The van der Waals surface area contributed by atoms with E-state index < -0.39 is 23.8 Å². The van der Waals surface area contributed by atoms with Crippen molar-refractivity contribution in [2.75, 3.05) is 0 Å². The van der Waals surface area contributed by atoms with Gasteiger partial charge in [-0.25, -0.2) is 4.98 Å². The van der Waals surface area contributed by atoms with Gasteiger partial charge in [-0.15, -0.1) is 0 Å². The van der Waals surface area contributed by atoms with Gasteiger partial charge in [0.25, 0.3) is 5.91 Å². The Morgan fingerprint density at radius 1 is 1.17 bits per heavy atom. The number of oxazole rings is 1. The van der Waals surface area contributed by atoms with Crippen molar-refractivity contribution in [3.05, 3.63) is 76.4 Å². The Bertz CT molecular complexity index is 1020. The summed E-state index contributed by atoms with van der Waals surface area (Å²) in [6.45, 7) is 1.61. The molecule has 2 N–H and O–H groups in total. The van der Waals surface area contributed by atoms with Gasteiger partial charge in [0.15, 0.2) is 6.39 Å². The maximum atomic E-state index is 12.3. The van der Waals surface area contributed by atoms with Crippen molar-refractivity contribution in [2.24, 2.45) is 5.92 Å². The van der Waals surface area contributed by atoms with Crippen LogP contribution in [-0.4, -0.2) is 28.0 Å². The Hall–Kier alpha value is -2.83. The molecule has 156 valence electrons. The summed E-state index contributed by atoms with van der Waals surface area (Å²) in [7, 11) is 0. The lowest BCUT2D eigenvalue weighted by atomic mass is 9.95. The second-order valence-electron chi connectivity index (χ2n) is 7.04. The number of rotatable bonds is 8. The molecule has 1 unspecified atom stereocenters. The first-order valence-electron chi connectivity index (χ1n) is 9.30. The normalized spacial score (nSPS) is 12.9. The minimum absolute atomic E-state index is 0.0777. The highest BCUT2D eigenvalue weighted by Gasteiger charge is 2.22. The molecule has 6 nitrogen and oxygen atoms in total. The number of halogens is 2. The molecule has 0 aliphatic heterocycles. The van der Waals surface area contributed by atoms with Gasteiger partial charge in [-0.3, -0.25) is 9.59 Å². The summed E-state index contributed by atoms with van der Waals surface area (Å²) >= 11 is 12.3. The van der Waals surface area contributed by atoms with E-state index in [-0.39, 0.29) is 12.2 Å². The van der Waals surface area contributed by atoms with Crippen molar-refractivity contribution < 1.29 is 19.1 Å². The lowest BCUT2D eigenvalue weighted by Crippen LogP contribution is -2.38. The maximum absolute atomic E-state index is 12.3. The van der Waals surface area contributed by atoms with Gasteiger partial charge in [0.1, 0.15) is 0 Å². The number of carboxylic acid groups (broad SMARTS) is 1. The van der Waals surface area contributed by atoms with Gasteiger partial charge in [-0.2, -0.15) is 0 Å². The number of carboxylic acids is 1. The number of nitrogens with one attached hydrogen (secondary N) is 1. The summed E-state index contributed by atoms with van der Waals surface area (Å²) in [6.07, 6.45) is 3.22. The molecule has 3 aromatic rings. The number of aromatic nitrogens is 1. The van der Waals surface area contributed by atoms with Crippen molar-refractivity contribution in [3.63, 3.8) is 0 Å². The fourth-order valence-corrected chi connectivity index (χ4v) is 3.53. The van der Waals surface area contributed by atoms with Crippen LogP contribution in [0.4, 0.5) is 0 Å². The van der Waals surface area contributed by atoms with Crippen molar-refractivity contribution in [3.8, 4) is 11.1 Å². The van der Waals surface area contributed by atoms with E-state index >= 15 is 0 Å². The SMILES string of the molecule is C[C@@H](CC(Cc1ccc(-c2cc(Cl)ccc2Cl)cc1)NC(=O)c1cnco1)C(=O)O. The molecule has 8 heteroatoms. The second-order valence-corrected chi connectivity index (χ2v) is 7.88. The lowest BCUT2D eigenvalue weighted by molar-refractivity contribution is -0.141. The number of carbonyl (C=O) groups is 2. The maximum Gasteiger partial charge on any atom is 0.306 e. The predicted octanol–water partition coefficient (Wildman–Crippen LogP) is 5.10. The third-order valence-corrected chi connectivity index (χ3v) is 5.29. The van der Waals surface area contributed by atoms with Gasteiger partial charge in [0.2, 0.25) is 5.76 Å². The molecule has 0 saturated carbocycles. The van der Waals surface area contributed by atoms with Gasteiger partial charge in [0.05, 0.1) is 12.1 Å². The molecule has 0 saturated heterocycles. The van der Waals surface area contributed by atoms with E-state index in [9.17, 15) is 14.7 Å². The topological polar surface area (TPSA) is 92.4 Å². The standard InChI is InChI=1S/C22H20Cl2N2O4/c1-13(22(28)29)8-17(26-21(27)20-11-25-12-30-20)9-14-2-4-15(5-3-14)18-10-16(23)6-7-19(18)24/h2-7,10-13,17H,8-9H2,1H3,(H,26,27)(H,28,29)/t13-,17?/m0/s1. The number of carbonyl (C=O) groups excluding carboxylic acids is 1. The van der Waals surface area contributed by atoms with E-state index in [0.717, 1.165) is 16.7 Å². The van der Waals surface area contributed by atoms with Crippen LogP contribution in [0.15, 0.2) is 59.5 Å². The Labute approximate surface area is 183 Å². The molecule has 0 bridgehead atoms. The molecular weight excluding hydrogens is 427 g/mol. The van der Waals surface area contributed by atoms with Gasteiger partial charge in [-0.1, -0.05) is 54.4 Å². The van der Waals surface area contributed by atoms with Crippen LogP contribution in [0.5, 0.6) is 0 Å². The van der Waals surface area contributed by atoms with Crippen LogP contribution in [0, 0.1) is 5.92 Å². The van der Waals surface area contributed by atoms with Crippen molar-refractivity contribution in [1.82, 2.24) is 10.3 Å². The van der Waals surface area contributed by atoms with Crippen LogP contribution >= 0.6 is 23.2 Å². The van der Waals surface area contributed by atoms with Gasteiger partial charge in [-0.05, 0) is 42.2 Å². The molecule has 2 aromatic carbocycles. The number of aliphatic carboxylic acids is 1. The third kappa shape index (κ3) is 5.62. The number of nitrogens with zero attached hydrogens (tertiary/aromatic N) is 1. The van der Waals surface area contributed by atoms with Gasteiger partial charge >= 0.3 is 5.97 Å². The Balaban J connectivity index is 1.76. The summed E-state index contributed by atoms with van der Waals surface area (Å²) in [4.78, 5) is 27.4. The van der Waals surface area contributed by atoms with E-state index in [0.29, 0.717) is 16.5 Å². The van der Waals surface area contributed by atoms with Crippen LogP contribution in [0.25, 0.3) is 11.1 Å². The molecule has 0 fully saturated rings. The minimum atomic E-state index is -0.917. The molecule has 0 radical (unpaired) electrons. The molecule has 0 aliphatic rings. The highest BCUT2D eigenvalue weighted by molar-refractivity contribution is 6.35. The molecule has 1 aromatic heterocycles. The van der Waals surface area contributed by atoms with E-state index in [1.165, 1.54) is 12.6 Å². The summed E-state index contributed by atoms with van der Waals surface area (Å²) in [5, 5.41) is 13.3. The average Bonchev–Trinajstić information content (AvgIpc) is 3.25. The predicted molar refractivity (Wildman–Crippen MR) is 115 cm³/mol. The fraction of sp³-hybridized carbons (Fsp3) is 0.227. The molecule has 0 aliphatic carbocycles. The number of benzene rings is 2. The third-order valence-electron chi connectivity index (χ3n) is 4.73. The summed E-state index contributed by atoms with van der Waals surface area (Å²) < 4.78 is 5.02. The Kier molecular flexibility index (Phi) is 7.13. The number of hydrogen-bond acceptors (Lipinski definition) is 4. The zero-order valence-electron chi connectivity index (χ0n) is 16.1. The zero-order valence-corrected chi connectivity index (χ0v) is 17.7. The van der Waals surface area contributed by atoms with Crippen LogP contribution in [0.2, 0.25) is 10.0 Å². The molecule has 3 rings (SSSR count). The van der Waals surface area contributed by atoms with Crippen LogP contribution in [-0.2, 0) is 11.2 Å². The quantitative estimate of drug-likeness (QED) is 0.501. The molecular formula is C22H20Cl2N2O4. The summed E-state index contributed by atoms with van der Waals surface area (Å²) in [6, 6.07) is 12.6. The Morgan fingerprint density at radius 2 is 1.90 bits per heavy atom. The highest BCUT2D eigenvalue weighted by Crippen LogP contribution is 2.30. The smallest absolute Gasteiger partial charge is 0.306 e. The first-order chi connectivity index (χ1) is 14.3. The van der Waals surface area contributed by atoms with Gasteiger partial charge < -0.3 is 14.8 Å². The molecule has 1 heterocycles. The van der Waals surface area contributed by atoms with Gasteiger partial charge in [0, 0.05) is 21.7 Å². The van der Waals surface area contributed by atoms with E-state index in [1.807, 2.05) is 24.3 Å². The Morgan fingerprint density at radius 3 is 2.53 bits per heavy atom. The summed E-state index contributed by atoms with van der Waals surface area (Å²) in [5.74, 6) is -1.89. The zero-order chi connectivity index (χ0) is 21.7. The van der Waals surface area contributed by atoms with Crippen LogP contribution in [0.3, 0.4) is 0 Å². The molecule has 30 heavy (non-hydrogen) atoms. The first-order valence-corrected chi connectivity index (χ1v) is 10.1. The molecule has 2 atom stereocenters. The van der Waals surface area contributed by atoms with E-state index in [4.69, 9.17) is 27.6 Å². The van der Waals surface area contributed by atoms with Crippen LogP contribution < -0.4 is 5.32 Å². The summed E-state index contributed by atoms with van der Waals surface area (Å²) in [5.41, 5.74) is 2.68. The van der Waals surface area contributed by atoms with E-state index in [2.05, 4.69) is 10.3 Å². The van der Waals surface area contributed by atoms with Crippen molar-refractivity contribution >= 4 is 35.1 Å². The largest absolute Gasteiger partial charge is 0.481 e. The van der Waals surface area contributed by atoms with Crippen LogP contribution in [0.1, 0.15) is 29.5 Å². The first kappa shape index (κ1) is 21.9. The fourth-order valence-electron chi connectivity index (χ4n) is 3.13. The monoisotopic (exact) mass is 446 g/mol. The number of amides is 1. The number of hydrogen-bond donors (Lipinski definition) is 2. The van der Waals surface area contributed by atoms with Crippen molar-refractivity contribution in [1.29, 1.82) is 0 Å². The highest BCUT2D eigenvalue weighted by atomic mass is 35.5. The lowest BCUT2D eigenvalue weighted by Gasteiger charge is -2.20. The van der Waals surface area contributed by atoms with E-state index in [1.54, 1.807) is 25.1 Å². The second kappa shape index (κ2) is 9.78. The molecule has 0 spiro atoms.